The zero-order valence-corrected chi connectivity index (χ0v) is 18.8. The van der Waals surface area contributed by atoms with Gasteiger partial charge >= 0.3 is 0 Å². The van der Waals surface area contributed by atoms with Crippen LogP contribution < -0.4 is 24.8 Å². The Kier molecular flexibility index (Phi) is 6.75. The molecule has 0 fully saturated rings. The van der Waals surface area contributed by atoms with E-state index < -0.39 is 0 Å². The Balaban J connectivity index is 1.84. The molecule has 0 saturated heterocycles. The van der Waals surface area contributed by atoms with E-state index in [2.05, 4.69) is 26.1 Å². The van der Waals surface area contributed by atoms with Gasteiger partial charge in [-0.25, -0.2) is 4.68 Å². The van der Waals surface area contributed by atoms with Crippen molar-refractivity contribution in [2.45, 2.75) is 10.9 Å². The summed E-state index contributed by atoms with van der Waals surface area (Å²) in [5, 5.41) is 9.03. The zero-order valence-electron chi connectivity index (χ0n) is 16.4. The standard InChI is InChI=1S/C19H21BrN4O4S/c1-25-12-5-6-13(15(8-12)26-2)18-22-23-19(24(18)21)29-10-11-7-16(27-3)17(28-4)9-14(11)20/h5-9H,10,21H2,1-4H3. The van der Waals surface area contributed by atoms with Crippen LogP contribution in [0.3, 0.4) is 0 Å². The number of methoxy groups -OCH3 is 4. The molecule has 2 aromatic carbocycles. The first-order valence-electron chi connectivity index (χ1n) is 8.48. The van der Waals surface area contributed by atoms with Crippen molar-refractivity contribution in [3.05, 3.63) is 40.4 Å². The summed E-state index contributed by atoms with van der Waals surface area (Å²) in [6.45, 7) is 0. The van der Waals surface area contributed by atoms with Gasteiger partial charge in [0.25, 0.3) is 0 Å². The molecule has 1 aromatic heterocycles. The van der Waals surface area contributed by atoms with Crippen molar-refractivity contribution in [1.82, 2.24) is 14.9 Å². The lowest BCUT2D eigenvalue weighted by Crippen LogP contribution is -2.12. The number of nitrogen functional groups attached to an aromatic ring is 1. The van der Waals surface area contributed by atoms with Crippen molar-refractivity contribution in [1.29, 1.82) is 0 Å². The highest BCUT2D eigenvalue weighted by molar-refractivity contribution is 9.10. The van der Waals surface area contributed by atoms with E-state index in [-0.39, 0.29) is 0 Å². The van der Waals surface area contributed by atoms with Gasteiger partial charge in [-0.2, -0.15) is 0 Å². The Hall–Kier alpha value is -2.59. The molecule has 0 bridgehead atoms. The van der Waals surface area contributed by atoms with Gasteiger partial charge < -0.3 is 24.8 Å². The van der Waals surface area contributed by atoms with Gasteiger partial charge in [-0.15, -0.1) is 10.2 Å². The fraction of sp³-hybridized carbons (Fsp3) is 0.263. The number of hydrogen-bond donors (Lipinski definition) is 1. The highest BCUT2D eigenvalue weighted by atomic mass is 79.9. The number of halogens is 1. The van der Waals surface area contributed by atoms with Crippen molar-refractivity contribution in [3.8, 4) is 34.4 Å². The Morgan fingerprint density at radius 3 is 2.28 bits per heavy atom. The van der Waals surface area contributed by atoms with Crippen LogP contribution in [-0.4, -0.2) is 43.3 Å². The van der Waals surface area contributed by atoms with Crippen LogP contribution >= 0.6 is 27.7 Å². The van der Waals surface area contributed by atoms with Crippen LogP contribution in [0.15, 0.2) is 40.0 Å². The van der Waals surface area contributed by atoms with Crippen LogP contribution in [0.2, 0.25) is 0 Å². The topological polar surface area (TPSA) is 93.7 Å². The maximum absolute atomic E-state index is 6.26. The van der Waals surface area contributed by atoms with E-state index in [1.807, 2.05) is 24.3 Å². The fourth-order valence-electron chi connectivity index (χ4n) is 2.69. The molecule has 0 unspecified atom stereocenters. The maximum atomic E-state index is 6.26. The first-order valence-corrected chi connectivity index (χ1v) is 10.3. The molecule has 0 atom stereocenters. The number of aromatic nitrogens is 3. The summed E-state index contributed by atoms with van der Waals surface area (Å²) in [6, 6.07) is 9.22. The number of nitrogens with two attached hydrogens (primary N) is 1. The third-order valence-electron chi connectivity index (χ3n) is 4.22. The molecule has 0 aliphatic rings. The van der Waals surface area contributed by atoms with Gasteiger partial charge in [0.15, 0.2) is 17.3 Å². The predicted octanol–water partition coefficient (Wildman–Crippen LogP) is 3.75. The van der Waals surface area contributed by atoms with E-state index in [9.17, 15) is 0 Å². The molecular formula is C19H21BrN4O4S. The third kappa shape index (κ3) is 4.38. The van der Waals surface area contributed by atoms with Gasteiger partial charge in [-0.1, -0.05) is 27.7 Å². The van der Waals surface area contributed by atoms with Gasteiger partial charge in [0, 0.05) is 16.3 Å². The highest BCUT2D eigenvalue weighted by Crippen LogP contribution is 2.37. The minimum absolute atomic E-state index is 0.499. The van der Waals surface area contributed by atoms with Gasteiger partial charge in [0.05, 0.1) is 34.0 Å². The van der Waals surface area contributed by atoms with Crippen LogP contribution in [0.1, 0.15) is 5.56 Å². The minimum atomic E-state index is 0.499. The maximum Gasteiger partial charge on any atom is 0.210 e. The number of rotatable bonds is 8. The van der Waals surface area contributed by atoms with Gasteiger partial charge in [0.1, 0.15) is 11.5 Å². The Morgan fingerprint density at radius 2 is 1.62 bits per heavy atom. The van der Waals surface area contributed by atoms with Crippen LogP contribution in [0.5, 0.6) is 23.0 Å². The van der Waals surface area contributed by atoms with Gasteiger partial charge in [-0.05, 0) is 29.8 Å². The van der Waals surface area contributed by atoms with Crippen molar-refractivity contribution in [2.24, 2.45) is 0 Å². The molecule has 1 heterocycles. The predicted molar refractivity (Wildman–Crippen MR) is 116 cm³/mol. The fourth-order valence-corrected chi connectivity index (χ4v) is 4.19. The molecule has 0 radical (unpaired) electrons. The zero-order chi connectivity index (χ0) is 21.0. The average molecular weight is 481 g/mol. The smallest absolute Gasteiger partial charge is 0.210 e. The van der Waals surface area contributed by atoms with Crippen molar-refractivity contribution < 1.29 is 18.9 Å². The van der Waals surface area contributed by atoms with E-state index in [1.54, 1.807) is 34.5 Å². The lowest BCUT2D eigenvalue weighted by molar-refractivity contribution is 0.354. The molecule has 2 N–H and O–H groups in total. The molecule has 0 aliphatic carbocycles. The normalized spacial score (nSPS) is 10.7. The molecule has 0 saturated carbocycles. The Labute approximate surface area is 181 Å². The third-order valence-corrected chi connectivity index (χ3v) is 5.95. The van der Waals surface area contributed by atoms with Crippen LogP contribution in [0, 0.1) is 0 Å². The van der Waals surface area contributed by atoms with Gasteiger partial charge in [0.2, 0.25) is 5.16 Å². The summed E-state index contributed by atoms with van der Waals surface area (Å²) in [4.78, 5) is 0. The second-order valence-electron chi connectivity index (χ2n) is 5.83. The summed E-state index contributed by atoms with van der Waals surface area (Å²) < 4.78 is 23.7. The second kappa shape index (κ2) is 9.27. The molecule has 0 aliphatic heterocycles. The average Bonchev–Trinajstić information content (AvgIpc) is 3.12. The molecule has 0 amide bonds. The van der Waals surface area contributed by atoms with Crippen LogP contribution in [-0.2, 0) is 5.75 Å². The summed E-state index contributed by atoms with van der Waals surface area (Å²) >= 11 is 5.02. The van der Waals surface area contributed by atoms with E-state index >= 15 is 0 Å². The summed E-state index contributed by atoms with van der Waals surface area (Å²) in [5.41, 5.74) is 1.74. The van der Waals surface area contributed by atoms with E-state index in [0.717, 1.165) is 15.6 Å². The number of nitrogens with zero attached hydrogens (tertiary/aromatic N) is 3. The lowest BCUT2D eigenvalue weighted by Gasteiger charge is -2.12. The monoisotopic (exact) mass is 480 g/mol. The van der Waals surface area contributed by atoms with Crippen molar-refractivity contribution in [3.63, 3.8) is 0 Å². The highest BCUT2D eigenvalue weighted by Gasteiger charge is 2.18. The van der Waals surface area contributed by atoms with Crippen LogP contribution in [0.25, 0.3) is 11.4 Å². The molecule has 10 heteroatoms. The molecule has 3 aromatic rings. The summed E-state index contributed by atoms with van der Waals surface area (Å²) in [6.07, 6.45) is 0. The van der Waals surface area contributed by atoms with Crippen molar-refractivity contribution >= 4 is 27.7 Å². The van der Waals surface area contributed by atoms with Gasteiger partial charge in [-0.3, -0.25) is 0 Å². The number of benzene rings is 2. The first-order chi connectivity index (χ1) is 14.0. The Morgan fingerprint density at radius 1 is 0.931 bits per heavy atom. The molecule has 8 nitrogen and oxygen atoms in total. The minimum Gasteiger partial charge on any atom is -0.497 e. The number of ether oxygens (including phenoxy) is 4. The molecule has 154 valence electrons. The van der Waals surface area contributed by atoms with Crippen LogP contribution in [0.4, 0.5) is 0 Å². The Bertz CT molecular complexity index is 1010. The first kappa shape index (κ1) is 21.1. The summed E-state index contributed by atoms with van der Waals surface area (Å²) in [7, 11) is 6.39. The number of hydrogen-bond acceptors (Lipinski definition) is 8. The summed E-state index contributed by atoms with van der Waals surface area (Å²) in [5.74, 6) is 9.96. The van der Waals surface area contributed by atoms with E-state index in [1.165, 1.54) is 16.4 Å². The SMILES string of the molecule is COc1ccc(-c2nnc(SCc3cc(OC)c(OC)cc3Br)n2N)c(OC)c1. The molecule has 29 heavy (non-hydrogen) atoms. The van der Waals surface area contributed by atoms with E-state index in [0.29, 0.717) is 39.7 Å². The van der Waals surface area contributed by atoms with Crippen molar-refractivity contribution in [2.75, 3.05) is 34.3 Å². The molecule has 3 rings (SSSR count). The number of thioether (sulfide) groups is 1. The second-order valence-corrected chi connectivity index (χ2v) is 7.63. The molecular weight excluding hydrogens is 460 g/mol. The largest absolute Gasteiger partial charge is 0.497 e. The molecule has 0 spiro atoms. The lowest BCUT2D eigenvalue weighted by atomic mass is 10.2. The quantitative estimate of drug-likeness (QED) is 0.384. The van der Waals surface area contributed by atoms with E-state index in [4.69, 9.17) is 24.8 Å².